The van der Waals surface area contributed by atoms with E-state index >= 15 is 0 Å². The summed E-state index contributed by atoms with van der Waals surface area (Å²) in [6, 6.07) is 14.3. The van der Waals surface area contributed by atoms with E-state index in [2.05, 4.69) is 74.3 Å². The van der Waals surface area contributed by atoms with E-state index in [1.807, 2.05) is 58.0 Å². The van der Waals surface area contributed by atoms with Gasteiger partial charge in [-0.1, -0.05) is 63.6 Å². The smallest absolute Gasteiger partial charge is 0.230 e. The summed E-state index contributed by atoms with van der Waals surface area (Å²) in [6.07, 6.45) is 10.2. The quantitative estimate of drug-likeness (QED) is 0.147. The lowest BCUT2D eigenvalue weighted by Crippen LogP contribution is -2.29. The van der Waals surface area contributed by atoms with Gasteiger partial charge in [0, 0.05) is 29.4 Å². The van der Waals surface area contributed by atoms with Crippen LogP contribution in [0.25, 0.3) is 0 Å². The van der Waals surface area contributed by atoms with Gasteiger partial charge in [0.25, 0.3) is 0 Å². The van der Waals surface area contributed by atoms with Gasteiger partial charge in [-0.2, -0.15) is 4.40 Å². The van der Waals surface area contributed by atoms with Crippen LogP contribution in [0, 0.1) is 31.6 Å². The molecule has 0 spiro atoms. The molecule has 6 heteroatoms. The number of benzene rings is 2. The van der Waals surface area contributed by atoms with E-state index in [0.29, 0.717) is 6.04 Å². The third kappa shape index (κ3) is 7.94. The third-order valence-electron chi connectivity index (χ3n) is 7.53. The molecule has 5 nitrogen and oxygen atoms in total. The highest BCUT2D eigenvalue weighted by Crippen LogP contribution is 2.53. The van der Waals surface area contributed by atoms with E-state index in [-0.39, 0.29) is 11.3 Å². The maximum absolute atomic E-state index is 8.12. The molecule has 2 atom stereocenters. The Morgan fingerprint density at radius 2 is 1.73 bits per heavy atom. The zero-order valence-electron chi connectivity index (χ0n) is 26.7. The SMILES string of the molecule is CC.CC.CCN1/C(=C\C=N/SOC(=N)c2ccccc2)C(C)(Cc2c(C)cc(C)cc2C)C2=CC(OC)=CCC21. The summed E-state index contributed by atoms with van der Waals surface area (Å²) >= 11 is 0.925. The van der Waals surface area contributed by atoms with Gasteiger partial charge in [0.05, 0.1) is 13.2 Å². The minimum atomic E-state index is -0.211. The highest BCUT2D eigenvalue weighted by atomic mass is 32.2. The van der Waals surface area contributed by atoms with Crippen molar-refractivity contribution in [1.29, 1.82) is 5.41 Å². The maximum Gasteiger partial charge on any atom is 0.230 e. The van der Waals surface area contributed by atoms with Crippen molar-refractivity contribution in [3.05, 3.63) is 106 Å². The predicted octanol–water partition coefficient (Wildman–Crippen LogP) is 9.34. The molecule has 1 fully saturated rings. The number of likely N-dealkylation sites (N-methyl/N-ethyl adjacent to an activating group) is 1. The van der Waals surface area contributed by atoms with E-state index in [1.165, 1.54) is 33.5 Å². The molecule has 0 bridgehead atoms. The number of methoxy groups -OCH3 is 1. The molecule has 0 amide bonds. The Morgan fingerprint density at radius 3 is 2.32 bits per heavy atom. The van der Waals surface area contributed by atoms with Crippen molar-refractivity contribution in [2.24, 2.45) is 9.81 Å². The van der Waals surface area contributed by atoms with Gasteiger partial charge < -0.3 is 13.8 Å². The van der Waals surface area contributed by atoms with Crippen LogP contribution in [0.15, 0.2) is 82.1 Å². The van der Waals surface area contributed by atoms with Crippen LogP contribution >= 0.6 is 12.2 Å². The van der Waals surface area contributed by atoms with Gasteiger partial charge >= 0.3 is 0 Å². The molecule has 0 saturated carbocycles. The van der Waals surface area contributed by atoms with Gasteiger partial charge in [0.1, 0.15) is 5.76 Å². The van der Waals surface area contributed by atoms with Crippen molar-refractivity contribution in [1.82, 2.24) is 4.90 Å². The molecule has 1 saturated heterocycles. The summed E-state index contributed by atoms with van der Waals surface area (Å²) in [7, 11) is 1.75. The molecule has 222 valence electrons. The second-order valence-electron chi connectivity index (χ2n) is 9.99. The molecule has 1 aliphatic heterocycles. The number of nitrogens with one attached hydrogen (secondary N) is 1. The summed E-state index contributed by atoms with van der Waals surface area (Å²) in [5.41, 5.74) is 8.52. The number of hydrogen-bond acceptors (Lipinski definition) is 6. The molecule has 1 aliphatic carbocycles. The molecule has 4 rings (SSSR count). The first-order chi connectivity index (χ1) is 19.8. The summed E-state index contributed by atoms with van der Waals surface area (Å²) in [5, 5.41) is 8.12. The van der Waals surface area contributed by atoms with Crippen LogP contribution in [0.4, 0.5) is 0 Å². The Hall–Kier alpha value is -3.25. The highest BCUT2D eigenvalue weighted by molar-refractivity contribution is 7.93. The Balaban J connectivity index is 0.00000141. The number of aryl methyl sites for hydroxylation is 3. The molecular formula is C35H49N3O2S. The maximum atomic E-state index is 8.12. The van der Waals surface area contributed by atoms with Crippen LogP contribution in [0.3, 0.4) is 0 Å². The summed E-state index contributed by atoms with van der Waals surface area (Å²) < 4.78 is 15.6. The van der Waals surface area contributed by atoms with Crippen LogP contribution in [-0.4, -0.2) is 36.7 Å². The van der Waals surface area contributed by atoms with Gasteiger partial charge in [-0.3, -0.25) is 5.41 Å². The third-order valence-corrected chi connectivity index (χ3v) is 7.98. The Bertz CT molecular complexity index is 1260. The molecule has 2 unspecified atom stereocenters. The average Bonchev–Trinajstić information content (AvgIpc) is 3.23. The second-order valence-corrected chi connectivity index (χ2v) is 10.5. The molecule has 0 aromatic heterocycles. The summed E-state index contributed by atoms with van der Waals surface area (Å²) in [4.78, 5) is 2.50. The number of allylic oxidation sites excluding steroid dienone is 3. The first-order valence-electron chi connectivity index (χ1n) is 14.8. The van der Waals surface area contributed by atoms with E-state index < -0.39 is 0 Å². The van der Waals surface area contributed by atoms with E-state index in [1.54, 1.807) is 13.3 Å². The first-order valence-corrected chi connectivity index (χ1v) is 15.5. The Labute approximate surface area is 253 Å². The van der Waals surface area contributed by atoms with Gasteiger partial charge in [-0.15, -0.1) is 0 Å². The van der Waals surface area contributed by atoms with Crippen molar-refractivity contribution in [3.8, 4) is 0 Å². The van der Waals surface area contributed by atoms with Crippen molar-refractivity contribution in [2.75, 3.05) is 13.7 Å². The molecule has 0 radical (unpaired) electrons. The van der Waals surface area contributed by atoms with Crippen LogP contribution < -0.4 is 0 Å². The van der Waals surface area contributed by atoms with Crippen molar-refractivity contribution >= 4 is 24.3 Å². The zero-order chi connectivity index (χ0) is 30.6. The van der Waals surface area contributed by atoms with E-state index in [0.717, 1.165) is 42.9 Å². The van der Waals surface area contributed by atoms with Crippen molar-refractivity contribution < 1.29 is 8.92 Å². The highest BCUT2D eigenvalue weighted by Gasteiger charge is 2.49. The number of likely N-dealkylation sites (tertiary alicyclic amines) is 1. The molecule has 2 aliphatic rings. The summed E-state index contributed by atoms with van der Waals surface area (Å²) in [6.45, 7) is 20.1. The number of nitrogens with zero attached hydrogens (tertiary/aromatic N) is 2. The normalized spacial score (nSPS) is 20.3. The predicted molar refractivity (Wildman–Crippen MR) is 178 cm³/mol. The van der Waals surface area contributed by atoms with Crippen LogP contribution in [0.5, 0.6) is 0 Å². The fourth-order valence-electron chi connectivity index (χ4n) is 5.79. The minimum absolute atomic E-state index is 0.0935. The lowest BCUT2D eigenvalue weighted by atomic mass is 9.72. The number of ether oxygens (including phenoxy) is 1. The fourth-order valence-corrected chi connectivity index (χ4v) is 6.11. The van der Waals surface area contributed by atoms with Crippen LogP contribution in [-0.2, 0) is 15.3 Å². The van der Waals surface area contributed by atoms with Gasteiger partial charge in [-0.25, -0.2) is 0 Å². The Morgan fingerprint density at radius 1 is 1.10 bits per heavy atom. The van der Waals surface area contributed by atoms with Crippen LogP contribution in [0.2, 0.25) is 0 Å². The van der Waals surface area contributed by atoms with E-state index in [9.17, 15) is 0 Å². The second kappa shape index (κ2) is 16.3. The lowest BCUT2D eigenvalue weighted by Gasteiger charge is -2.31. The van der Waals surface area contributed by atoms with Gasteiger partial charge in [0.15, 0.2) is 0 Å². The van der Waals surface area contributed by atoms with E-state index in [4.69, 9.17) is 14.3 Å². The Kier molecular flexibility index (Phi) is 13.5. The fraction of sp³-hybridized carbons (Fsp3) is 0.429. The molecule has 1 N–H and O–H groups in total. The van der Waals surface area contributed by atoms with Crippen molar-refractivity contribution in [2.45, 2.75) is 81.2 Å². The molecule has 1 heterocycles. The molecule has 2 aromatic rings. The first kappa shape index (κ1) is 34.0. The van der Waals surface area contributed by atoms with Crippen LogP contribution in [0.1, 0.15) is 75.8 Å². The zero-order valence-corrected chi connectivity index (χ0v) is 27.5. The molecular weight excluding hydrogens is 526 g/mol. The topological polar surface area (TPSA) is 57.9 Å². The lowest BCUT2D eigenvalue weighted by molar-refractivity contribution is 0.289. The average molecular weight is 576 g/mol. The number of fused-ring (bicyclic) bond motifs is 1. The minimum Gasteiger partial charge on any atom is -0.497 e. The molecule has 2 aromatic carbocycles. The number of hydrogen-bond donors (Lipinski definition) is 1. The monoisotopic (exact) mass is 575 g/mol. The van der Waals surface area contributed by atoms with Crippen molar-refractivity contribution in [3.63, 3.8) is 0 Å². The largest absolute Gasteiger partial charge is 0.497 e. The van der Waals surface area contributed by atoms with Gasteiger partial charge in [0.2, 0.25) is 18.1 Å². The standard InChI is InChI=1S/C31H37N3O2S.2C2H6/c1-7-34-28-14-13-25(35-6)19-27(28)31(5,20-26-22(3)17-21(2)18-23(26)4)29(34)15-16-33-37-36-30(32)24-11-9-8-10-12-24;2*1-2/h8-13,15-19,28,32H,7,14,20H2,1-6H3;2*1-2H3/b29-15-,32-30?,33-16-;;. The number of rotatable bonds is 8. The molecule has 41 heavy (non-hydrogen) atoms. The summed E-state index contributed by atoms with van der Waals surface area (Å²) in [5.74, 6) is 1.03. The van der Waals surface area contributed by atoms with Gasteiger partial charge in [-0.05, 0) is 100 Å².